The zero-order valence-electron chi connectivity index (χ0n) is 14.6. The van der Waals surface area contributed by atoms with Crippen molar-refractivity contribution in [3.05, 3.63) is 58.6 Å². The summed E-state index contributed by atoms with van der Waals surface area (Å²) in [6.07, 6.45) is 2.28. The average Bonchev–Trinajstić information content (AvgIpc) is 3.24. The van der Waals surface area contributed by atoms with Gasteiger partial charge in [0, 0.05) is 23.9 Å². The molecule has 4 nitrogen and oxygen atoms in total. The van der Waals surface area contributed by atoms with Crippen molar-refractivity contribution in [2.24, 2.45) is 0 Å². The minimum Gasteiger partial charge on any atom is -0.361 e. The predicted molar refractivity (Wildman–Crippen MR) is 99.7 cm³/mol. The highest BCUT2D eigenvalue weighted by Crippen LogP contribution is 2.34. The van der Waals surface area contributed by atoms with Gasteiger partial charge in [-0.2, -0.15) is 0 Å². The van der Waals surface area contributed by atoms with E-state index in [0.717, 1.165) is 47.6 Å². The highest BCUT2D eigenvalue weighted by molar-refractivity contribution is 6.35. The Morgan fingerprint density at radius 2 is 2.16 bits per heavy atom. The summed E-state index contributed by atoms with van der Waals surface area (Å²) in [5.74, 6) is 1.32. The van der Waals surface area contributed by atoms with Gasteiger partial charge in [0.05, 0.1) is 22.3 Å². The molecule has 130 valence electrons. The van der Waals surface area contributed by atoms with E-state index in [1.54, 1.807) is 0 Å². The van der Waals surface area contributed by atoms with Crippen LogP contribution in [-0.4, -0.2) is 21.6 Å². The molecule has 1 fully saturated rings. The topological polar surface area (TPSA) is 42.2 Å². The van der Waals surface area contributed by atoms with Crippen LogP contribution >= 0.6 is 11.6 Å². The molecule has 0 amide bonds. The smallest absolute Gasteiger partial charge is 0.139 e. The van der Waals surface area contributed by atoms with Crippen LogP contribution in [0.1, 0.15) is 55.8 Å². The lowest BCUT2D eigenvalue weighted by atomic mass is 10.1. The van der Waals surface area contributed by atoms with Gasteiger partial charge in [-0.15, -0.1) is 0 Å². The van der Waals surface area contributed by atoms with Gasteiger partial charge in [0.1, 0.15) is 11.5 Å². The van der Waals surface area contributed by atoms with Crippen molar-refractivity contribution in [2.45, 2.75) is 45.2 Å². The first-order valence-corrected chi connectivity index (χ1v) is 9.24. The first kappa shape index (κ1) is 16.6. The van der Waals surface area contributed by atoms with Crippen LogP contribution in [0.5, 0.6) is 0 Å². The molecular formula is C20H22ClN3O. The molecule has 1 aliphatic rings. The lowest BCUT2D eigenvalue weighted by Gasteiger charge is -2.22. The molecule has 0 aliphatic carbocycles. The number of hydrogen-bond acceptors (Lipinski definition) is 4. The van der Waals surface area contributed by atoms with E-state index in [0.29, 0.717) is 17.0 Å². The Bertz CT molecular complexity index is 890. The number of pyridine rings is 1. The van der Waals surface area contributed by atoms with Gasteiger partial charge in [-0.05, 0) is 31.5 Å². The number of likely N-dealkylation sites (tertiary alicyclic amines) is 1. The lowest BCUT2D eigenvalue weighted by molar-refractivity contribution is 0.234. The van der Waals surface area contributed by atoms with E-state index in [2.05, 4.69) is 42.1 Å². The second kappa shape index (κ2) is 6.77. The van der Waals surface area contributed by atoms with E-state index >= 15 is 0 Å². The monoisotopic (exact) mass is 355 g/mol. The quantitative estimate of drug-likeness (QED) is 0.633. The van der Waals surface area contributed by atoms with E-state index in [1.165, 1.54) is 6.42 Å². The molecule has 3 heterocycles. The largest absolute Gasteiger partial charge is 0.361 e. The summed E-state index contributed by atoms with van der Waals surface area (Å²) in [6, 6.07) is 12.5. The fourth-order valence-corrected chi connectivity index (χ4v) is 3.75. The Kier molecular flexibility index (Phi) is 4.48. The van der Waals surface area contributed by atoms with E-state index in [9.17, 15) is 0 Å². The fourth-order valence-electron chi connectivity index (χ4n) is 3.53. The second-order valence-electron chi connectivity index (χ2n) is 7.05. The first-order chi connectivity index (χ1) is 12.1. The summed E-state index contributed by atoms with van der Waals surface area (Å²) in [5, 5.41) is 6.10. The number of benzene rings is 1. The van der Waals surface area contributed by atoms with Crippen LogP contribution in [0, 0.1) is 0 Å². The molecule has 5 heteroatoms. The number of fused-ring (bicyclic) bond motifs is 1. The maximum Gasteiger partial charge on any atom is 0.139 e. The van der Waals surface area contributed by atoms with Crippen LogP contribution in [0.15, 0.2) is 40.9 Å². The molecule has 0 radical (unpaired) electrons. The summed E-state index contributed by atoms with van der Waals surface area (Å²) < 4.78 is 5.50. The van der Waals surface area contributed by atoms with Crippen molar-refractivity contribution < 1.29 is 4.52 Å². The van der Waals surface area contributed by atoms with Crippen LogP contribution in [0.3, 0.4) is 0 Å². The standard InChI is InChI=1S/C20H22ClN3O/c1-13(2)19-11-17(23-25-19)18-7-4-10-24(18)12-15-9-8-14-5-3-6-16(21)20(14)22-15/h3,5-6,8-9,11,13,18H,4,7,10,12H2,1-2H3/t18-/m0/s1. The molecule has 1 saturated heterocycles. The van der Waals surface area contributed by atoms with E-state index in [1.807, 2.05) is 18.2 Å². The molecule has 1 aromatic carbocycles. The van der Waals surface area contributed by atoms with Crippen LogP contribution in [0.25, 0.3) is 10.9 Å². The molecule has 0 saturated carbocycles. The summed E-state index contributed by atoms with van der Waals surface area (Å²) in [4.78, 5) is 7.22. The minimum atomic E-state index is 0.306. The molecule has 25 heavy (non-hydrogen) atoms. The van der Waals surface area contributed by atoms with Crippen molar-refractivity contribution in [1.82, 2.24) is 15.0 Å². The Morgan fingerprint density at radius 1 is 1.28 bits per heavy atom. The van der Waals surface area contributed by atoms with Crippen molar-refractivity contribution in [3.63, 3.8) is 0 Å². The Hall–Kier alpha value is -1.91. The van der Waals surface area contributed by atoms with Crippen LogP contribution in [0.4, 0.5) is 0 Å². The Labute approximate surface area is 152 Å². The van der Waals surface area contributed by atoms with Gasteiger partial charge in [0.15, 0.2) is 0 Å². The highest BCUT2D eigenvalue weighted by Gasteiger charge is 2.29. The fraction of sp³-hybridized carbons (Fsp3) is 0.400. The Morgan fingerprint density at radius 3 is 2.96 bits per heavy atom. The number of halogens is 1. The van der Waals surface area contributed by atoms with Crippen molar-refractivity contribution in [1.29, 1.82) is 0 Å². The van der Waals surface area contributed by atoms with E-state index < -0.39 is 0 Å². The molecular weight excluding hydrogens is 334 g/mol. The average molecular weight is 356 g/mol. The number of hydrogen-bond donors (Lipinski definition) is 0. The Balaban J connectivity index is 1.57. The highest BCUT2D eigenvalue weighted by atomic mass is 35.5. The third-order valence-corrected chi connectivity index (χ3v) is 5.22. The third-order valence-electron chi connectivity index (χ3n) is 4.91. The number of aromatic nitrogens is 2. The number of para-hydroxylation sites is 1. The zero-order valence-corrected chi connectivity index (χ0v) is 15.3. The summed E-state index contributed by atoms with van der Waals surface area (Å²) >= 11 is 6.30. The molecule has 1 aliphatic heterocycles. The summed E-state index contributed by atoms with van der Waals surface area (Å²) in [5.41, 5.74) is 2.96. The minimum absolute atomic E-state index is 0.306. The zero-order chi connectivity index (χ0) is 17.4. The van der Waals surface area contributed by atoms with Gasteiger partial charge in [0.25, 0.3) is 0 Å². The van der Waals surface area contributed by atoms with Gasteiger partial charge < -0.3 is 4.52 Å². The maximum atomic E-state index is 6.30. The van der Waals surface area contributed by atoms with Gasteiger partial charge in [-0.3, -0.25) is 4.90 Å². The van der Waals surface area contributed by atoms with E-state index in [4.69, 9.17) is 21.1 Å². The molecule has 2 aromatic heterocycles. The van der Waals surface area contributed by atoms with Crippen LogP contribution < -0.4 is 0 Å². The molecule has 0 spiro atoms. The SMILES string of the molecule is CC(C)c1cc([C@@H]2CCCN2Cc2ccc3cccc(Cl)c3n2)no1. The number of rotatable bonds is 4. The van der Waals surface area contributed by atoms with E-state index in [-0.39, 0.29) is 0 Å². The molecule has 0 N–H and O–H groups in total. The molecule has 0 bridgehead atoms. The summed E-state index contributed by atoms with van der Waals surface area (Å²) in [7, 11) is 0. The van der Waals surface area contributed by atoms with Gasteiger partial charge >= 0.3 is 0 Å². The number of nitrogens with zero attached hydrogens (tertiary/aromatic N) is 3. The predicted octanol–water partition coefficient (Wildman–Crippen LogP) is 5.34. The summed E-state index contributed by atoms with van der Waals surface area (Å²) in [6.45, 7) is 6.10. The van der Waals surface area contributed by atoms with Crippen LogP contribution in [-0.2, 0) is 6.54 Å². The van der Waals surface area contributed by atoms with Crippen molar-refractivity contribution in [3.8, 4) is 0 Å². The molecule has 0 unspecified atom stereocenters. The molecule has 1 atom stereocenters. The van der Waals surface area contributed by atoms with Crippen LogP contribution in [0.2, 0.25) is 5.02 Å². The van der Waals surface area contributed by atoms with Gasteiger partial charge in [-0.1, -0.05) is 48.8 Å². The third kappa shape index (κ3) is 3.29. The molecule has 3 aromatic rings. The molecule has 4 rings (SSSR count). The van der Waals surface area contributed by atoms with Crippen molar-refractivity contribution >= 4 is 22.5 Å². The van der Waals surface area contributed by atoms with Crippen molar-refractivity contribution in [2.75, 3.05) is 6.54 Å². The lowest BCUT2D eigenvalue weighted by Crippen LogP contribution is -2.23. The first-order valence-electron chi connectivity index (χ1n) is 8.86. The van der Waals surface area contributed by atoms with Gasteiger partial charge in [-0.25, -0.2) is 4.98 Å². The second-order valence-corrected chi connectivity index (χ2v) is 7.46. The van der Waals surface area contributed by atoms with Gasteiger partial charge in [0.2, 0.25) is 0 Å². The normalized spacial score (nSPS) is 18.5. The maximum absolute atomic E-state index is 6.30.